The summed E-state index contributed by atoms with van der Waals surface area (Å²) in [6, 6.07) is 5.28. The fourth-order valence-electron chi connectivity index (χ4n) is 2.48. The summed E-state index contributed by atoms with van der Waals surface area (Å²) in [7, 11) is 0. The van der Waals surface area contributed by atoms with Crippen LogP contribution in [0.15, 0.2) is 24.3 Å². The molecule has 1 aliphatic rings. The minimum atomic E-state index is -4.81. The normalized spacial score (nSPS) is 17.0. The van der Waals surface area contributed by atoms with Crippen LogP contribution in [0, 0.1) is 0 Å². The summed E-state index contributed by atoms with van der Waals surface area (Å²) >= 11 is 0. The number of amides is 1. The molecule has 0 aromatic heterocycles. The minimum Gasteiger partial charge on any atom is -0.444 e. The highest BCUT2D eigenvalue weighted by Gasteiger charge is 2.32. The van der Waals surface area contributed by atoms with E-state index >= 15 is 0 Å². The number of benzene rings is 1. The number of ether oxygens (including phenoxy) is 2. The van der Waals surface area contributed by atoms with Crippen molar-refractivity contribution in [2.24, 2.45) is 0 Å². The van der Waals surface area contributed by atoms with Crippen LogP contribution in [0.4, 0.5) is 18.0 Å². The molecule has 0 radical (unpaired) electrons. The van der Waals surface area contributed by atoms with Gasteiger partial charge in [0.15, 0.2) is 0 Å². The zero-order valence-electron chi connectivity index (χ0n) is 13.7. The standard InChI is InChI=1S/C16H19F3N2O4/c1-12(10-22)20-6-8-21(9-7-20)15(23)24-11-13-4-2-3-5-14(13)25-16(17,18)19/h2-5,10,12H,6-9,11H2,1H3. The molecule has 1 saturated heterocycles. The third-order valence-electron chi connectivity index (χ3n) is 3.89. The van der Waals surface area contributed by atoms with E-state index in [4.69, 9.17) is 4.74 Å². The van der Waals surface area contributed by atoms with Crippen molar-refractivity contribution < 1.29 is 32.2 Å². The molecular formula is C16H19F3N2O4. The molecule has 1 aromatic carbocycles. The zero-order valence-corrected chi connectivity index (χ0v) is 13.7. The maximum absolute atomic E-state index is 12.4. The lowest BCUT2D eigenvalue weighted by molar-refractivity contribution is -0.275. The average Bonchev–Trinajstić information content (AvgIpc) is 2.59. The van der Waals surface area contributed by atoms with Crippen LogP contribution in [0.1, 0.15) is 12.5 Å². The predicted octanol–water partition coefficient (Wildman–Crippen LogP) is 2.43. The van der Waals surface area contributed by atoms with E-state index in [1.165, 1.54) is 23.1 Å². The van der Waals surface area contributed by atoms with Crippen molar-refractivity contribution in [3.05, 3.63) is 29.8 Å². The minimum absolute atomic E-state index is 0.126. The van der Waals surface area contributed by atoms with Gasteiger partial charge in [-0.1, -0.05) is 18.2 Å². The van der Waals surface area contributed by atoms with Gasteiger partial charge < -0.3 is 19.2 Å². The number of para-hydroxylation sites is 1. The van der Waals surface area contributed by atoms with Crippen molar-refractivity contribution in [2.45, 2.75) is 25.9 Å². The first-order valence-electron chi connectivity index (χ1n) is 7.75. The number of rotatable bonds is 5. The Hall–Kier alpha value is -2.29. The summed E-state index contributed by atoms with van der Waals surface area (Å²) in [4.78, 5) is 26.2. The monoisotopic (exact) mass is 360 g/mol. The van der Waals surface area contributed by atoms with Crippen LogP contribution < -0.4 is 4.74 Å². The summed E-state index contributed by atoms with van der Waals surface area (Å²) in [5.74, 6) is -0.396. The molecule has 0 N–H and O–H groups in total. The van der Waals surface area contributed by atoms with Crippen LogP contribution >= 0.6 is 0 Å². The van der Waals surface area contributed by atoms with Gasteiger partial charge in [0.2, 0.25) is 0 Å². The molecule has 1 amide bonds. The largest absolute Gasteiger partial charge is 0.573 e. The molecule has 0 bridgehead atoms. The third-order valence-corrected chi connectivity index (χ3v) is 3.89. The molecule has 0 aliphatic carbocycles. The van der Waals surface area contributed by atoms with Gasteiger partial charge in [-0.25, -0.2) is 4.79 Å². The highest BCUT2D eigenvalue weighted by molar-refractivity contribution is 5.68. The molecule has 9 heteroatoms. The first-order chi connectivity index (χ1) is 11.8. The number of alkyl halides is 3. The Labute approximate surface area is 143 Å². The van der Waals surface area contributed by atoms with Crippen molar-refractivity contribution in [1.29, 1.82) is 0 Å². The van der Waals surface area contributed by atoms with E-state index < -0.39 is 18.2 Å². The first kappa shape index (κ1) is 19.0. The number of hydrogen-bond donors (Lipinski definition) is 0. The number of piperazine rings is 1. The van der Waals surface area contributed by atoms with Gasteiger partial charge in [0.05, 0.1) is 6.04 Å². The second kappa shape index (κ2) is 8.19. The fraction of sp³-hybridized carbons (Fsp3) is 0.500. The Kier molecular flexibility index (Phi) is 6.24. The molecule has 1 fully saturated rings. The number of nitrogens with zero attached hydrogens (tertiary/aromatic N) is 2. The Balaban J connectivity index is 1.88. The van der Waals surface area contributed by atoms with Gasteiger partial charge in [0.25, 0.3) is 0 Å². The van der Waals surface area contributed by atoms with Gasteiger partial charge in [-0.2, -0.15) is 0 Å². The maximum Gasteiger partial charge on any atom is 0.573 e. The number of aldehydes is 1. The average molecular weight is 360 g/mol. The molecule has 25 heavy (non-hydrogen) atoms. The summed E-state index contributed by atoms with van der Waals surface area (Å²) in [5, 5.41) is 0. The van der Waals surface area contributed by atoms with Crippen LogP contribution in [0.25, 0.3) is 0 Å². The lowest BCUT2D eigenvalue weighted by Crippen LogP contribution is -2.51. The zero-order chi connectivity index (χ0) is 18.4. The summed E-state index contributed by atoms with van der Waals surface area (Å²) in [6.45, 7) is 3.29. The topological polar surface area (TPSA) is 59.1 Å². The molecule has 1 aromatic rings. The van der Waals surface area contributed by atoms with E-state index in [1.807, 2.05) is 4.90 Å². The summed E-state index contributed by atoms with van der Waals surface area (Å²) < 4.78 is 46.1. The Bertz CT molecular complexity index is 601. The van der Waals surface area contributed by atoms with Crippen LogP contribution in [0.3, 0.4) is 0 Å². The van der Waals surface area contributed by atoms with Gasteiger partial charge in [0, 0.05) is 31.7 Å². The Morgan fingerprint density at radius 3 is 2.48 bits per heavy atom. The molecule has 6 nitrogen and oxygen atoms in total. The summed E-state index contributed by atoms with van der Waals surface area (Å²) in [5.41, 5.74) is 0.126. The van der Waals surface area contributed by atoms with Crippen LogP contribution in [-0.2, 0) is 16.1 Å². The molecule has 1 aliphatic heterocycles. The second-order valence-electron chi connectivity index (χ2n) is 5.61. The molecule has 1 unspecified atom stereocenters. The van der Waals surface area contributed by atoms with Gasteiger partial charge in [-0.3, -0.25) is 4.90 Å². The smallest absolute Gasteiger partial charge is 0.444 e. The molecule has 1 heterocycles. The van der Waals surface area contributed by atoms with E-state index in [1.54, 1.807) is 6.92 Å². The van der Waals surface area contributed by atoms with Gasteiger partial charge >= 0.3 is 12.5 Å². The first-order valence-corrected chi connectivity index (χ1v) is 7.75. The van der Waals surface area contributed by atoms with E-state index in [0.717, 1.165) is 12.4 Å². The van der Waals surface area contributed by atoms with Crippen molar-refractivity contribution in [2.75, 3.05) is 26.2 Å². The van der Waals surface area contributed by atoms with Crippen LogP contribution in [0.5, 0.6) is 5.75 Å². The van der Waals surface area contributed by atoms with Gasteiger partial charge in [-0.15, -0.1) is 13.2 Å². The van der Waals surface area contributed by atoms with Crippen molar-refractivity contribution >= 4 is 12.4 Å². The van der Waals surface area contributed by atoms with E-state index in [2.05, 4.69) is 4.74 Å². The van der Waals surface area contributed by atoms with Crippen molar-refractivity contribution in [1.82, 2.24) is 9.80 Å². The molecular weight excluding hydrogens is 341 g/mol. The maximum atomic E-state index is 12.4. The fourth-order valence-corrected chi connectivity index (χ4v) is 2.48. The number of carbonyl (C=O) groups excluding carboxylic acids is 2. The Morgan fingerprint density at radius 2 is 1.88 bits per heavy atom. The van der Waals surface area contributed by atoms with E-state index in [9.17, 15) is 22.8 Å². The quantitative estimate of drug-likeness (QED) is 0.755. The number of halogens is 3. The SMILES string of the molecule is CC(C=O)N1CCN(C(=O)OCc2ccccc2OC(F)(F)F)CC1. The number of carbonyl (C=O) groups is 2. The summed E-state index contributed by atoms with van der Waals surface area (Å²) in [6.07, 6.45) is -4.59. The van der Waals surface area contributed by atoms with Crippen molar-refractivity contribution in [3.63, 3.8) is 0 Å². The molecule has 138 valence electrons. The number of hydrogen-bond acceptors (Lipinski definition) is 5. The van der Waals surface area contributed by atoms with Crippen LogP contribution in [-0.4, -0.2) is 60.8 Å². The van der Waals surface area contributed by atoms with Gasteiger partial charge in [-0.05, 0) is 13.0 Å². The highest BCUT2D eigenvalue weighted by Crippen LogP contribution is 2.26. The lowest BCUT2D eigenvalue weighted by Gasteiger charge is -2.35. The van der Waals surface area contributed by atoms with Crippen LogP contribution in [0.2, 0.25) is 0 Å². The predicted molar refractivity (Wildman–Crippen MR) is 82.0 cm³/mol. The van der Waals surface area contributed by atoms with E-state index in [0.29, 0.717) is 26.2 Å². The third kappa shape index (κ3) is 5.63. The lowest BCUT2D eigenvalue weighted by atomic mass is 10.2. The molecule has 0 spiro atoms. The van der Waals surface area contributed by atoms with E-state index in [-0.39, 0.29) is 18.2 Å². The molecule has 1 atom stereocenters. The molecule has 0 saturated carbocycles. The van der Waals surface area contributed by atoms with Crippen molar-refractivity contribution in [3.8, 4) is 5.75 Å². The Morgan fingerprint density at radius 1 is 1.24 bits per heavy atom. The highest BCUT2D eigenvalue weighted by atomic mass is 19.4. The molecule has 2 rings (SSSR count). The second-order valence-corrected chi connectivity index (χ2v) is 5.61. The van der Waals surface area contributed by atoms with Gasteiger partial charge in [0.1, 0.15) is 18.6 Å².